The van der Waals surface area contributed by atoms with Crippen molar-refractivity contribution in [3.05, 3.63) is 71.2 Å². The highest BCUT2D eigenvalue weighted by molar-refractivity contribution is 7.92. The Balaban J connectivity index is 1.67. The number of rotatable bonds is 8. The van der Waals surface area contributed by atoms with Crippen LogP contribution >= 0.6 is 11.6 Å². The first-order valence-electron chi connectivity index (χ1n) is 10.1. The molecule has 0 heterocycles. The third-order valence-electron chi connectivity index (χ3n) is 4.99. The van der Waals surface area contributed by atoms with Crippen LogP contribution in [0.3, 0.4) is 0 Å². The Hall–Kier alpha value is -2.98. The predicted octanol–water partition coefficient (Wildman–Crippen LogP) is 4.86. The molecule has 0 aliphatic heterocycles. The Bertz CT molecular complexity index is 1300. The van der Waals surface area contributed by atoms with Crippen LogP contribution < -0.4 is 14.4 Å². The molecule has 0 aliphatic carbocycles. The van der Waals surface area contributed by atoms with Gasteiger partial charge in [-0.05, 0) is 48.0 Å². The Labute approximate surface area is 200 Å². The summed E-state index contributed by atoms with van der Waals surface area (Å²) in [5.74, 6) is -0.101. The monoisotopic (exact) mass is 514 g/mol. The molecule has 0 fully saturated rings. The number of nitrogens with one attached hydrogen (secondary N) is 1. The minimum atomic E-state index is -4.79. The lowest BCUT2D eigenvalue weighted by Gasteiger charge is -2.29. The molecule has 0 aromatic heterocycles. The summed E-state index contributed by atoms with van der Waals surface area (Å²) in [7, 11) is -4.10. The number of ether oxygens (including phenoxy) is 1. The fraction of sp³-hybridized carbons (Fsp3) is 0.261. The molecule has 1 atom stereocenters. The van der Waals surface area contributed by atoms with E-state index in [1.165, 1.54) is 6.92 Å². The van der Waals surface area contributed by atoms with Crippen LogP contribution in [0.5, 0.6) is 5.75 Å². The summed E-state index contributed by atoms with van der Waals surface area (Å²) in [5.41, 5.74) is -1.52. The molecule has 3 aromatic rings. The molecule has 6 nitrogen and oxygen atoms in total. The van der Waals surface area contributed by atoms with E-state index < -0.39 is 38.7 Å². The smallest absolute Gasteiger partial charge is 0.417 e. The molecule has 3 rings (SSSR count). The zero-order chi connectivity index (χ0) is 25.1. The van der Waals surface area contributed by atoms with Gasteiger partial charge in [-0.3, -0.25) is 9.10 Å². The standard InChI is InChI=1S/C23H22ClF3N2O4S/c1-15(29(34(2,31)32)18-8-10-21(24)20(14-18)23(25,26)27)22(30)28-11-12-33-19-9-7-16-5-3-4-6-17(16)13-19/h3-10,13-15H,11-12H2,1-2H3,(H,28,30)/t15-/m0/s1. The third-order valence-corrected chi connectivity index (χ3v) is 6.56. The average Bonchev–Trinajstić information content (AvgIpc) is 2.76. The van der Waals surface area contributed by atoms with E-state index in [2.05, 4.69) is 5.32 Å². The zero-order valence-electron chi connectivity index (χ0n) is 18.3. The van der Waals surface area contributed by atoms with Gasteiger partial charge in [0, 0.05) is 0 Å². The zero-order valence-corrected chi connectivity index (χ0v) is 19.8. The van der Waals surface area contributed by atoms with Crippen molar-refractivity contribution in [2.75, 3.05) is 23.7 Å². The first kappa shape index (κ1) is 25.6. The van der Waals surface area contributed by atoms with Gasteiger partial charge in [0.05, 0.1) is 29.1 Å². The number of fused-ring (bicyclic) bond motifs is 1. The summed E-state index contributed by atoms with van der Waals surface area (Å²) in [5, 5.41) is 4.01. The molecule has 11 heteroatoms. The molecular formula is C23H22ClF3N2O4S. The van der Waals surface area contributed by atoms with E-state index in [0.29, 0.717) is 16.1 Å². The third kappa shape index (κ3) is 6.12. The Morgan fingerprint density at radius 1 is 1.09 bits per heavy atom. The normalized spacial score (nSPS) is 12.9. The molecule has 0 spiro atoms. The van der Waals surface area contributed by atoms with Gasteiger partial charge in [-0.15, -0.1) is 0 Å². The van der Waals surface area contributed by atoms with Crippen LogP contribution in [-0.4, -0.2) is 39.8 Å². The Morgan fingerprint density at radius 2 is 1.76 bits per heavy atom. The van der Waals surface area contributed by atoms with Gasteiger partial charge in [0.15, 0.2) is 0 Å². The number of amides is 1. The fourth-order valence-electron chi connectivity index (χ4n) is 3.42. The van der Waals surface area contributed by atoms with E-state index in [-0.39, 0.29) is 18.8 Å². The Morgan fingerprint density at radius 3 is 2.41 bits per heavy atom. The van der Waals surface area contributed by atoms with Crippen LogP contribution in [0.2, 0.25) is 5.02 Å². The number of alkyl halides is 3. The number of hydrogen-bond acceptors (Lipinski definition) is 4. The highest BCUT2D eigenvalue weighted by Gasteiger charge is 2.36. The van der Waals surface area contributed by atoms with Gasteiger partial charge in [0.1, 0.15) is 18.4 Å². The number of hydrogen-bond donors (Lipinski definition) is 1. The second-order valence-electron chi connectivity index (χ2n) is 7.55. The fourth-order valence-corrected chi connectivity index (χ4v) is 4.82. The quantitative estimate of drug-likeness (QED) is 0.436. The maximum Gasteiger partial charge on any atom is 0.417 e. The molecule has 182 valence electrons. The number of benzene rings is 3. The van der Waals surface area contributed by atoms with Gasteiger partial charge >= 0.3 is 6.18 Å². The molecule has 34 heavy (non-hydrogen) atoms. The van der Waals surface area contributed by atoms with Gasteiger partial charge in [-0.2, -0.15) is 13.2 Å². The molecule has 0 unspecified atom stereocenters. The van der Waals surface area contributed by atoms with E-state index in [4.69, 9.17) is 16.3 Å². The lowest BCUT2D eigenvalue weighted by Crippen LogP contribution is -2.48. The second-order valence-corrected chi connectivity index (χ2v) is 9.81. The number of halogens is 4. The molecule has 0 aliphatic rings. The van der Waals surface area contributed by atoms with Gasteiger partial charge in [-0.25, -0.2) is 8.42 Å². The summed E-state index contributed by atoms with van der Waals surface area (Å²) in [6, 6.07) is 14.6. The maximum atomic E-state index is 13.2. The number of nitrogens with zero attached hydrogens (tertiary/aromatic N) is 1. The molecular weight excluding hydrogens is 493 g/mol. The van der Waals surface area contributed by atoms with Crippen LogP contribution in [0.25, 0.3) is 10.8 Å². The minimum Gasteiger partial charge on any atom is -0.492 e. The van der Waals surface area contributed by atoms with E-state index in [9.17, 15) is 26.4 Å². The first-order valence-corrected chi connectivity index (χ1v) is 12.4. The van der Waals surface area contributed by atoms with Gasteiger partial charge < -0.3 is 10.1 Å². The van der Waals surface area contributed by atoms with Crippen LogP contribution in [0, 0.1) is 0 Å². The van der Waals surface area contributed by atoms with Crippen molar-refractivity contribution in [2.24, 2.45) is 0 Å². The molecule has 0 bridgehead atoms. The number of carbonyl (C=O) groups excluding carboxylic acids is 1. The topological polar surface area (TPSA) is 75.7 Å². The van der Waals surface area contributed by atoms with E-state index >= 15 is 0 Å². The van der Waals surface area contributed by atoms with Crippen molar-refractivity contribution in [1.82, 2.24) is 5.32 Å². The number of anilines is 1. The first-order chi connectivity index (χ1) is 15.9. The van der Waals surface area contributed by atoms with Crippen molar-refractivity contribution in [2.45, 2.75) is 19.1 Å². The lowest BCUT2D eigenvalue weighted by atomic mass is 10.1. The van der Waals surface area contributed by atoms with Crippen molar-refractivity contribution >= 4 is 44.0 Å². The minimum absolute atomic E-state index is 0.0576. The highest BCUT2D eigenvalue weighted by Crippen LogP contribution is 2.37. The van der Waals surface area contributed by atoms with E-state index in [0.717, 1.165) is 29.2 Å². The number of sulfonamides is 1. The maximum absolute atomic E-state index is 13.2. The highest BCUT2D eigenvalue weighted by atomic mass is 35.5. The summed E-state index contributed by atoms with van der Waals surface area (Å²) in [6.45, 7) is 1.44. The summed E-state index contributed by atoms with van der Waals surface area (Å²) in [6.07, 6.45) is -3.98. The van der Waals surface area contributed by atoms with Gasteiger partial charge in [0.25, 0.3) is 0 Å². The van der Waals surface area contributed by atoms with Crippen LogP contribution in [-0.2, 0) is 21.0 Å². The van der Waals surface area contributed by atoms with Crippen LogP contribution in [0.4, 0.5) is 18.9 Å². The SMILES string of the molecule is C[C@@H](C(=O)NCCOc1ccc2ccccc2c1)N(c1ccc(Cl)c(C(F)(F)F)c1)S(C)(=O)=O. The number of carbonyl (C=O) groups is 1. The molecule has 3 aromatic carbocycles. The molecule has 1 amide bonds. The summed E-state index contributed by atoms with van der Waals surface area (Å²) < 4.78 is 70.7. The molecule has 0 saturated carbocycles. The van der Waals surface area contributed by atoms with Crippen LogP contribution in [0.1, 0.15) is 12.5 Å². The van der Waals surface area contributed by atoms with E-state index in [1.54, 1.807) is 6.07 Å². The molecule has 1 N–H and O–H groups in total. The molecule has 0 radical (unpaired) electrons. The average molecular weight is 515 g/mol. The lowest BCUT2D eigenvalue weighted by molar-refractivity contribution is -0.137. The largest absolute Gasteiger partial charge is 0.492 e. The van der Waals surface area contributed by atoms with Crippen molar-refractivity contribution in [1.29, 1.82) is 0 Å². The van der Waals surface area contributed by atoms with Crippen molar-refractivity contribution in [3.8, 4) is 5.75 Å². The Kier molecular flexibility index (Phi) is 7.62. The van der Waals surface area contributed by atoms with Gasteiger partial charge in [0.2, 0.25) is 15.9 Å². The van der Waals surface area contributed by atoms with Crippen molar-refractivity contribution < 1.29 is 31.1 Å². The van der Waals surface area contributed by atoms with Crippen molar-refractivity contribution in [3.63, 3.8) is 0 Å². The van der Waals surface area contributed by atoms with E-state index in [1.807, 2.05) is 36.4 Å². The van der Waals surface area contributed by atoms with Gasteiger partial charge in [-0.1, -0.05) is 41.9 Å². The van der Waals surface area contributed by atoms with Crippen LogP contribution in [0.15, 0.2) is 60.7 Å². The second kappa shape index (κ2) is 10.1. The summed E-state index contributed by atoms with van der Waals surface area (Å²) >= 11 is 5.63. The predicted molar refractivity (Wildman–Crippen MR) is 126 cm³/mol. The summed E-state index contributed by atoms with van der Waals surface area (Å²) in [4.78, 5) is 12.6. The molecule has 0 saturated heterocycles.